The summed E-state index contributed by atoms with van der Waals surface area (Å²) in [4.78, 5) is 13.7. The van der Waals surface area contributed by atoms with Gasteiger partial charge < -0.3 is 4.79 Å². The summed E-state index contributed by atoms with van der Waals surface area (Å²) in [5.41, 5.74) is 1.95. The van der Waals surface area contributed by atoms with Crippen LogP contribution in [0.15, 0.2) is 30.3 Å². The molecule has 2 aliphatic rings. The normalized spacial score (nSPS) is 38.2. The molecule has 108 valence electrons. The zero-order valence-electron chi connectivity index (χ0n) is 12.6. The lowest BCUT2D eigenvalue weighted by molar-refractivity contribution is -0.116. The Labute approximate surface area is 122 Å². The number of benzene rings is 1. The molecule has 0 radical (unpaired) electrons. The predicted octanol–water partition coefficient (Wildman–Crippen LogP) is 3.41. The van der Waals surface area contributed by atoms with E-state index in [0.717, 1.165) is 25.9 Å². The molecule has 1 aromatic rings. The second-order valence-corrected chi connectivity index (χ2v) is 7.23. The van der Waals surface area contributed by atoms with Crippen LogP contribution in [-0.4, -0.2) is 29.8 Å². The molecule has 2 heteroatoms. The van der Waals surface area contributed by atoms with Crippen LogP contribution in [0.1, 0.15) is 45.1 Å². The lowest BCUT2D eigenvalue weighted by Gasteiger charge is -2.55. The van der Waals surface area contributed by atoms with Gasteiger partial charge in [0, 0.05) is 23.4 Å². The van der Waals surface area contributed by atoms with Crippen molar-refractivity contribution in [3.05, 3.63) is 35.9 Å². The first-order valence-electron chi connectivity index (χ1n) is 7.82. The molecule has 2 aliphatic heterocycles. The Hall–Kier alpha value is -1.15. The Kier molecular flexibility index (Phi) is 3.45. The molecule has 2 nitrogen and oxygen atoms in total. The number of piperidine rings is 2. The second kappa shape index (κ2) is 5.00. The first-order chi connectivity index (χ1) is 9.56. The third kappa shape index (κ3) is 2.31. The first kappa shape index (κ1) is 13.8. The molecule has 20 heavy (non-hydrogen) atoms. The van der Waals surface area contributed by atoms with E-state index in [1.54, 1.807) is 0 Å². The molecule has 2 heterocycles. The van der Waals surface area contributed by atoms with Crippen molar-refractivity contribution in [1.82, 2.24) is 4.90 Å². The van der Waals surface area contributed by atoms with Crippen LogP contribution in [-0.2, 0) is 10.2 Å². The van der Waals surface area contributed by atoms with Crippen LogP contribution < -0.4 is 0 Å². The van der Waals surface area contributed by atoms with E-state index in [-0.39, 0.29) is 16.9 Å². The highest BCUT2D eigenvalue weighted by Crippen LogP contribution is 2.45. The average molecular weight is 271 g/mol. The van der Waals surface area contributed by atoms with E-state index >= 15 is 0 Å². The monoisotopic (exact) mass is 271 g/mol. The summed E-state index contributed by atoms with van der Waals surface area (Å²) in [6, 6.07) is 10.9. The molecule has 3 unspecified atom stereocenters. The van der Waals surface area contributed by atoms with Crippen molar-refractivity contribution in [2.45, 2.75) is 50.5 Å². The molecule has 2 fully saturated rings. The van der Waals surface area contributed by atoms with Gasteiger partial charge in [0.25, 0.3) is 0 Å². The van der Waals surface area contributed by atoms with E-state index in [2.05, 4.69) is 49.1 Å². The number of carbonyl (C=O) groups is 1. The largest absolute Gasteiger partial charge is 0.303 e. The van der Waals surface area contributed by atoms with Crippen molar-refractivity contribution >= 4 is 6.29 Å². The van der Waals surface area contributed by atoms with Gasteiger partial charge in [0.1, 0.15) is 6.29 Å². The number of fused-ring (bicyclic) bond motifs is 1. The van der Waals surface area contributed by atoms with E-state index in [1.807, 2.05) is 0 Å². The second-order valence-electron chi connectivity index (χ2n) is 7.23. The van der Waals surface area contributed by atoms with Crippen LogP contribution in [0.4, 0.5) is 0 Å². The van der Waals surface area contributed by atoms with Crippen molar-refractivity contribution < 1.29 is 4.79 Å². The Balaban J connectivity index is 1.81. The molecule has 1 aromatic carbocycles. The molecule has 0 N–H and O–H groups in total. The smallest absolute Gasteiger partial charge is 0.123 e. The molecule has 0 spiro atoms. The summed E-state index contributed by atoms with van der Waals surface area (Å²) in [5.74, 6) is 0.275. The minimum absolute atomic E-state index is 0.234. The Morgan fingerprint density at radius 3 is 2.65 bits per heavy atom. The molecular formula is C18H25NO. The van der Waals surface area contributed by atoms with Gasteiger partial charge in [0.05, 0.1) is 0 Å². The maximum absolute atomic E-state index is 11.1. The fraction of sp³-hybridized carbons (Fsp3) is 0.611. The van der Waals surface area contributed by atoms with Crippen molar-refractivity contribution in [2.24, 2.45) is 5.92 Å². The first-order valence-corrected chi connectivity index (χ1v) is 7.82. The topological polar surface area (TPSA) is 20.3 Å². The van der Waals surface area contributed by atoms with Crippen molar-refractivity contribution in [2.75, 3.05) is 13.1 Å². The van der Waals surface area contributed by atoms with Gasteiger partial charge in [-0.15, -0.1) is 0 Å². The summed E-state index contributed by atoms with van der Waals surface area (Å²) in [5, 5.41) is 0. The van der Waals surface area contributed by atoms with Gasteiger partial charge in [0.2, 0.25) is 0 Å². The summed E-state index contributed by atoms with van der Waals surface area (Å²) >= 11 is 0. The Bertz CT molecular complexity index is 485. The van der Waals surface area contributed by atoms with Crippen LogP contribution in [0.25, 0.3) is 0 Å². The fourth-order valence-electron chi connectivity index (χ4n) is 4.16. The van der Waals surface area contributed by atoms with Crippen LogP contribution in [0.5, 0.6) is 0 Å². The fourth-order valence-corrected chi connectivity index (χ4v) is 4.16. The Morgan fingerprint density at radius 2 is 1.95 bits per heavy atom. The molecule has 3 atom stereocenters. The number of aldehydes is 1. The van der Waals surface area contributed by atoms with E-state index in [4.69, 9.17) is 0 Å². The summed E-state index contributed by atoms with van der Waals surface area (Å²) < 4.78 is 0. The molecule has 0 aromatic heterocycles. The molecule has 0 saturated carbocycles. The maximum Gasteiger partial charge on any atom is 0.123 e. The number of rotatable bonds is 2. The highest BCUT2D eigenvalue weighted by molar-refractivity contribution is 5.54. The summed E-state index contributed by atoms with van der Waals surface area (Å²) in [7, 11) is 0. The predicted molar refractivity (Wildman–Crippen MR) is 81.8 cm³/mol. The average Bonchev–Trinajstić information content (AvgIpc) is 2.48. The number of hydrogen-bond acceptors (Lipinski definition) is 2. The van der Waals surface area contributed by atoms with Crippen LogP contribution in [0, 0.1) is 5.92 Å². The highest BCUT2D eigenvalue weighted by atomic mass is 16.1. The zero-order chi connectivity index (χ0) is 14.2. The van der Waals surface area contributed by atoms with E-state index in [1.165, 1.54) is 24.7 Å². The minimum atomic E-state index is 0.234. The molecule has 0 aliphatic carbocycles. The van der Waals surface area contributed by atoms with Gasteiger partial charge in [0.15, 0.2) is 0 Å². The Morgan fingerprint density at radius 1 is 1.20 bits per heavy atom. The number of hydrogen-bond donors (Lipinski definition) is 0. The standard InChI is InChI=1S/C18H25NO/c1-17(16-6-4-3-5-7-16)9-10-18(2)12-15(13-20)8-11-19(18)14-17/h3-7,13,15H,8-12,14H2,1-2H3. The van der Waals surface area contributed by atoms with Gasteiger partial charge >= 0.3 is 0 Å². The SMILES string of the molecule is CC1(c2ccccc2)CCC2(C)CC(C=O)CCN2C1. The maximum atomic E-state index is 11.1. The molecule has 0 amide bonds. The van der Waals surface area contributed by atoms with Crippen molar-refractivity contribution in [3.63, 3.8) is 0 Å². The van der Waals surface area contributed by atoms with Crippen LogP contribution in [0.3, 0.4) is 0 Å². The van der Waals surface area contributed by atoms with Crippen LogP contribution >= 0.6 is 0 Å². The van der Waals surface area contributed by atoms with Gasteiger partial charge in [-0.3, -0.25) is 4.90 Å². The molecule has 3 rings (SSSR count). The summed E-state index contributed by atoms with van der Waals surface area (Å²) in [6.07, 6.45) is 5.66. The summed E-state index contributed by atoms with van der Waals surface area (Å²) in [6.45, 7) is 6.95. The number of carbonyl (C=O) groups excluding carboxylic acids is 1. The molecule has 0 bridgehead atoms. The lowest BCUT2D eigenvalue weighted by Crippen LogP contribution is -2.60. The van der Waals surface area contributed by atoms with E-state index in [9.17, 15) is 4.79 Å². The van der Waals surface area contributed by atoms with Gasteiger partial charge in [-0.2, -0.15) is 0 Å². The third-order valence-electron chi connectivity index (χ3n) is 5.65. The zero-order valence-corrected chi connectivity index (χ0v) is 12.6. The number of nitrogens with zero attached hydrogens (tertiary/aromatic N) is 1. The van der Waals surface area contributed by atoms with Gasteiger partial charge in [-0.25, -0.2) is 0 Å². The quantitative estimate of drug-likeness (QED) is 0.768. The molecule has 2 saturated heterocycles. The van der Waals surface area contributed by atoms with Crippen LogP contribution in [0.2, 0.25) is 0 Å². The van der Waals surface area contributed by atoms with Crippen molar-refractivity contribution in [1.29, 1.82) is 0 Å². The van der Waals surface area contributed by atoms with Gasteiger partial charge in [-0.05, 0) is 44.7 Å². The van der Waals surface area contributed by atoms with E-state index in [0.29, 0.717) is 0 Å². The van der Waals surface area contributed by atoms with Crippen molar-refractivity contribution in [3.8, 4) is 0 Å². The highest BCUT2D eigenvalue weighted by Gasteiger charge is 2.46. The third-order valence-corrected chi connectivity index (χ3v) is 5.65. The minimum Gasteiger partial charge on any atom is -0.303 e. The molecular weight excluding hydrogens is 246 g/mol. The lowest BCUT2D eigenvalue weighted by atomic mass is 9.67. The van der Waals surface area contributed by atoms with Gasteiger partial charge in [-0.1, -0.05) is 37.3 Å². The van der Waals surface area contributed by atoms with E-state index < -0.39 is 0 Å².